The standard InChI is InChI=1S/C3H10N3/c1-2-3(4,5)6/h1-2,4-6H2. The Morgan fingerprint density at radius 3 is 1.50 bits per heavy atom. The summed E-state index contributed by atoms with van der Waals surface area (Å²) in [5.74, 6) is -1.07. The van der Waals surface area contributed by atoms with Gasteiger partial charge in [0.25, 0.3) is 0 Å². The summed E-state index contributed by atoms with van der Waals surface area (Å²) in [6, 6.07) is 0. The Morgan fingerprint density at radius 1 is 1.33 bits per heavy atom. The fourth-order valence-corrected chi connectivity index (χ4v) is 0. The average Bonchev–Trinajstić information content (AvgIpc) is 1.35. The van der Waals surface area contributed by atoms with Crippen LogP contribution in [0.1, 0.15) is 6.42 Å². The first-order valence-corrected chi connectivity index (χ1v) is 1.72. The summed E-state index contributed by atoms with van der Waals surface area (Å²) in [7, 11) is 0. The van der Waals surface area contributed by atoms with Gasteiger partial charge in [-0.3, -0.25) is 0 Å². The van der Waals surface area contributed by atoms with Gasteiger partial charge >= 0.3 is 0 Å². The Hall–Kier alpha value is -0.120. The lowest BCUT2D eigenvalue weighted by Gasteiger charge is -2.13. The van der Waals surface area contributed by atoms with Gasteiger partial charge in [0.05, 0.1) is 0 Å². The number of nitrogens with two attached hydrogens (primary N) is 3. The van der Waals surface area contributed by atoms with E-state index in [1.165, 1.54) is 0 Å². The van der Waals surface area contributed by atoms with Gasteiger partial charge in [0.1, 0.15) is 5.79 Å². The van der Waals surface area contributed by atoms with Crippen molar-refractivity contribution in [3.05, 3.63) is 6.92 Å². The van der Waals surface area contributed by atoms with Crippen molar-refractivity contribution in [2.24, 2.45) is 17.2 Å². The van der Waals surface area contributed by atoms with Gasteiger partial charge in [-0.2, -0.15) is 0 Å². The molecule has 0 aliphatic rings. The molecule has 0 heterocycles. The second kappa shape index (κ2) is 1.55. The van der Waals surface area contributed by atoms with Crippen LogP contribution in [0.15, 0.2) is 0 Å². The first-order valence-electron chi connectivity index (χ1n) is 1.72. The van der Waals surface area contributed by atoms with Crippen molar-refractivity contribution >= 4 is 0 Å². The average molecular weight is 88.1 g/mol. The molecule has 0 fully saturated rings. The van der Waals surface area contributed by atoms with Crippen LogP contribution < -0.4 is 17.2 Å². The quantitative estimate of drug-likeness (QED) is 0.350. The molecule has 0 unspecified atom stereocenters. The Balaban J connectivity index is 3.17. The molecule has 0 saturated heterocycles. The van der Waals surface area contributed by atoms with Crippen LogP contribution in [-0.2, 0) is 0 Å². The molecule has 3 heteroatoms. The van der Waals surface area contributed by atoms with Crippen LogP contribution in [-0.4, -0.2) is 5.79 Å². The number of hydrogen-bond acceptors (Lipinski definition) is 3. The molecular weight excluding hydrogens is 78.1 g/mol. The maximum atomic E-state index is 5.03. The van der Waals surface area contributed by atoms with E-state index < -0.39 is 5.79 Å². The zero-order valence-corrected chi connectivity index (χ0v) is 3.65. The minimum atomic E-state index is -1.07. The van der Waals surface area contributed by atoms with Crippen LogP contribution in [0.3, 0.4) is 0 Å². The lowest BCUT2D eigenvalue weighted by atomic mass is 10.3. The molecule has 0 atom stereocenters. The van der Waals surface area contributed by atoms with E-state index in [4.69, 9.17) is 17.2 Å². The maximum Gasteiger partial charge on any atom is 0.115 e. The molecule has 0 amide bonds. The van der Waals surface area contributed by atoms with E-state index in [9.17, 15) is 0 Å². The van der Waals surface area contributed by atoms with E-state index in [2.05, 4.69) is 6.92 Å². The summed E-state index contributed by atoms with van der Waals surface area (Å²) in [6.07, 6.45) is 0.354. The molecule has 0 spiro atoms. The van der Waals surface area contributed by atoms with Gasteiger partial charge in [0.15, 0.2) is 0 Å². The van der Waals surface area contributed by atoms with Crippen LogP contribution in [0.5, 0.6) is 0 Å². The SMILES string of the molecule is [CH2]CC(N)(N)N. The third-order valence-corrected chi connectivity index (χ3v) is 0.433. The second-order valence-corrected chi connectivity index (χ2v) is 1.36. The van der Waals surface area contributed by atoms with Gasteiger partial charge in [0.2, 0.25) is 0 Å². The van der Waals surface area contributed by atoms with Crippen molar-refractivity contribution in [3.8, 4) is 0 Å². The second-order valence-electron chi connectivity index (χ2n) is 1.36. The van der Waals surface area contributed by atoms with Gasteiger partial charge in [0, 0.05) is 0 Å². The Kier molecular flexibility index (Phi) is 1.52. The maximum absolute atomic E-state index is 5.03. The molecule has 0 aliphatic carbocycles. The van der Waals surface area contributed by atoms with E-state index in [1.807, 2.05) is 0 Å². The molecule has 0 aromatic carbocycles. The third-order valence-electron chi connectivity index (χ3n) is 0.433. The first-order chi connectivity index (χ1) is 2.56. The Bertz CT molecular complexity index is 35.8. The highest BCUT2D eigenvalue weighted by atomic mass is 15.1. The molecule has 0 rings (SSSR count). The molecule has 0 bridgehead atoms. The fraction of sp³-hybridized carbons (Fsp3) is 0.667. The topological polar surface area (TPSA) is 78.1 Å². The predicted molar refractivity (Wildman–Crippen MR) is 25.3 cm³/mol. The fourth-order valence-electron chi connectivity index (χ4n) is 0. The van der Waals surface area contributed by atoms with Crippen LogP contribution >= 0.6 is 0 Å². The van der Waals surface area contributed by atoms with Crippen molar-refractivity contribution in [1.82, 2.24) is 0 Å². The van der Waals surface area contributed by atoms with Crippen molar-refractivity contribution in [2.75, 3.05) is 0 Å². The monoisotopic (exact) mass is 88.1 g/mol. The molecule has 0 aromatic heterocycles. The zero-order chi connectivity index (χ0) is 5.21. The molecule has 1 radical (unpaired) electrons. The molecule has 3 nitrogen and oxygen atoms in total. The summed E-state index contributed by atoms with van der Waals surface area (Å²) < 4.78 is 0. The minimum absolute atomic E-state index is 0.354. The lowest BCUT2D eigenvalue weighted by Crippen LogP contribution is -2.57. The van der Waals surface area contributed by atoms with E-state index in [0.717, 1.165) is 0 Å². The first kappa shape index (κ1) is 5.88. The molecule has 6 N–H and O–H groups in total. The summed E-state index contributed by atoms with van der Waals surface area (Å²) in [4.78, 5) is 0. The Labute approximate surface area is 37.5 Å². The van der Waals surface area contributed by atoms with Gasteiger partial charge in [-0.15, -0.1) is 0 Å². The summed E-state index contributed by atoms with van der Waals surface area (Å²) >= 11 is 0. The normalized spacial score (nSPS) is 12.0. The lowest BCUT2D eigenvalue weighted by molar-refractivity contribution is 0.467. The van der Waals surface area contributed by atoms with Crippen LogP contribution in [0.25, 0.3) is 0 Å². The summed E-state index contributed by atoms with van der Waals surface area (Å²) in [5, 5.41) is 0. The third kappa shape index (κ3) is 3.88. The molecule has 0 saturated carbocycles. The van der Waals surface area contributed by atoms with Gasteiger partial charge in [-0.25, -0.2) is 0 Å². The summed E-state index contributed by atoms with van der Waals surface area (Å²) in [6.45, 7) is 3.38. The van der Waals surface area contributed by atoms with E-state index >= 15 is 0 Å². The highest BCUT2D eigenvalue weighted by Crippen LogP contribution is 1.80. The van der Waals surface area contributed by atoms with Crippen molar-refractivity contribution in [1.29, 1.82) is 0 Å². The molecule has 0 aliphatic heterocycles. The van der Waals surface area contributed by atoms with Crippen molar-refractivity contribution < 1.29 is 0 Å². The molecular formula is C3H10N3. The smallest absolute Gasteiger partial charge is 0.115 e. The number of hydrogen-bond donors (Lipinski definition) is 3. The van der Waals surface area contributed by atoms with E-state index in [-0.39, 0.29) is 0 Å². The minimum Gasteiger partial charge on any atom is -0.301 e. The van der Waals surface area contributed by atoms with Crippen molar-refractivity contribution in [3.63, 3.8) is 0 Å². The predicted octanol–water partition coefficient (Wildman–Crippen LogP) is -1.26. The van der Waals surface area contributed by atoms with E-state index in [0.29, 0.717) is 6.42 Å². The van der Waals surface area contributed by atoms with Crippen LogP contribution in [0, 0.1) is 6.92 Å². The molecule has 6 heavy (non-hydrogen) atoms. The van der Waals surface area contributed by atoms with Gasteiger partial charge in [-0.05, 0) is 13.3 Å². The zero-order valence-electron chi connectivity index (χ0n) is 3.65. The van der Waals surface area contributed by atoms with Crippen LogP contribution in [0.2, 0.25) is 0 Å². The number of rotatable bonds is 1. The highest BCUT2D eigenvalue weighted by molar-refractivity contribution is 4.67. The molecule has 0 aromatic rings. The van der Waals surface area contributed by atoms with Gasteiger partial charge in [-0.1, -0.05) is 0 Å². The Morgan fingerprint density at radius 2 is 1.50 bits per heavy atom. The largest absolute Gasteiger partial charge is 0.301 e. The highest BCUT2D eigenvalue weighted by Gasteiger charge is 2.04. The van der Waals surface area contributed by atoms with E-state index in [1.54, 1.807) is 0 Å². The summed E-state index contributed by atoms with van der Waals surface area (Å²) in [5.41, 5.74) is 15.1. The van der Waals surface area contributed by atoms with Crippen LogP contribution in [0.4, 0.5) is 0 Å². The van der Waals surface area contributed by atoms with Gasteiger partial charge < -0.3 is 17.2 Å². The molecule has 37 valence electrons. The van der Waals surface area contributed by atoms with Crippen molar-refractivity contribution in [2.45, 2.75) is 12.2 Å².